The molecule has 1 atom stereocenters. The Labute approximate surface area is 147 Å². The van der Waals surface area contributed by atoms with Crippen molar-refractivity contribution in [3.8, 4) is 5.75 Å². The lowest BCUT2D eigenvalue weighted by Crippen LogP contribution is -2.42. The molecule has 1 fully saturated rings. The van der Waals surface area contributed by atoms with Crippen LogP contribution in [0.3, 0.4) is 0 Å². The molecular weight excluding hydrogens is 342 g/mol. The first kappa shape index (κ1) is 18.0. The maximum atomic E-state index is 12.7. The number of ether oxygens (including phenoxy) is 1. The van der Waals surface area contributed by atoms with Crippen molar-refractivity contribution in [2.45, 2.75) is 37.2 Å². The number of benzene rings is 1. The molecule has 1 aliphatic rings. The second-order valence-corrected chi connectivity index (χ2v) is 8.36. The number of rotatable bonds is 7. The molecule has 1 aromatic carbocycles. The number of methoxy groups -OCH3 is 1. The van der Waals surface area contributed by atoms with Crippen molar-refractivity contribution in [3.63, 3.8) is 0 Å². The molecule has 136 valence electrons. The number of furan rings is 1. The van der Waals surface area contributed by atoms with E-state index in [0.29, 0.717) is 11.5 Å². The monoisotopic (exact) mass is 365 g/mol. The average molecular weight is 365 g/mol. The smallest absolute Gasteiger partial charge is 0.240 e. The molecule has 1 unspecified atom stereocenters. The van der Waals surface area contributed by atoms with Gasteiger partial charge in [0, 0.05) is 6.54 Å². The van der Waals surface area contributed by atoms with Crippen LogP contribution in [-0.2, 0) is 15.6 Å². The Balaban J connectivity index is 1.84. The first-order valence-corrected chi connectivity index (χ1v) is 9.67. The lowest BCUT2D eigenvalue weighted by molar-refractivity contribution is -0.00224. The summed E-state index contributed by atoms with van der Waals surface area (Å²) >= 11 is 0. The third-order valence-electron chi connectivity index (χ3n) is 4.68. The van der Waals surface area contributed by atoms with Crippen molar-refractivity contribution >= 4 is 10.0 Å². The van der Waals surface area contributed by atoms with E-state index in [0.717, 1.165) is 24.0 Å². The minimum absolute atomic E-state index is 0.000639. The Kier molecular flexibility index (Phi) is 4.66. The van der Waals surface area contributed by atoms with Gasteiger partial charge in [0.25, 0.3) is 0 Å². The SMILES string of the molecule is COc1c(C)cc(S(=O)(=O)NCC(O)(c2ccco2)C2CC2)cc1C. The molecule has 0 saturated heterocycles. The van der Waals surface area contributed by atoms with Gasteiger partial charge in [-0.25, -0.2) is 13.1 Å². The molecular formula is C18H23NO5S. The average Bonchev–Trinajstić information content (AvgIpc) is 3.27. The maximum Gasteiger partial charge on any atom is 0.240 e. The van der Waals surface area contributed by atoms with Gasteiger partial charge in [-0.05, 0) is 68.0 Å². The highest BCUT2D eigenvalue weighted by Gasteiger charge is 2.47. The van der Waals surface area contributed by atoms with E-state index in [2.05, 4.69) is 4.72 Å². The minimum atomic E-state index is -3.77. The van der Waals surface area contributed by atoms with Crippen LogP contribution in [0.4, 0.5) is 0 Å². The number of hydrogen-bond acceptors (Lipinski definition) is 5. The number of hydrogen-bond donors (Lipinski definition) is 2. The van der Waals surface area contributed by atoms with Crippen LogP contribution in [0.25, 0.3) is 0 Å². The third-order valence-corrected chi connectivity index (χ3v) is 6.06. The summed E-state index contributed by atoms with van der Waals surface area (Å²) in [5.41, 5.74) is 0.158. The quantitative estimate of drug-likeness (QED) is 0.787. The fourth-order valence-corrected chi connectivity index (χ4v) is 4.44. The first-order chi connectivity index (χ1) is 11.8. The summed E-state index contributed by atoms with van der Waals surface area (Å²) in [5, 5.41) is 11.0. The molecule has 2 N–H and O–H groups in total. The third kappa shape index (κ3) is 3.44. The molecule has 1 aliphatic carbocycles. The van der Waals surface area contributed by atoms with Gasteiger partial charge in [-0.3, -0.25) is 0 Å². The predicted molar refractivity (Wildman–Crippen MR) is 93.0 cm³/mol. The van der Waals surface area contributed by atoms with Crippen molar-refractivity contribution in [2.75, 3.05) is 13.7 Å². The normalized spacial score (nSPS) is 17.3. The van der Waals surface area contributed by atoms with E-state index < -0.39 is 15.6 Å². The molecule has 0 radical (unpaired) electrons. The molecule has 6 nitrogen and oxygen atoms in total. The molecule has 7 heteroatoms. The summed E-state index contributed by atoms with van der Waals surface area (Å²) in [6.07, 6.45) is 3.17. The van der Waals surface area contributed by atoms with Gasteiger partial charge in [-0.1, -0.05) is 0 Å². The molecule has 1 aromatic heterocycles. The topological polar surface area (TPSA) is 88.8 Å². The number of aliphatic hydroxyl groups is 1. The van der Waals surface area contributed by atoms with Crippen LogP contribution in [0.2, 0.25) is 0 Å². The fourth-order valence-electron chi connectivity index (χ4n) is 3.19. The summed E-state index contributed by atoms with van der Waals surface area (Å²) in [5.74, 6) is 1.06. The molecule has 3 rings (SSSR count). The van der Waals surface area contributed by atoms with Crippen LogP contribution in [0.15, 0.2) is 39.8 Å². The van der Waals surface area contributed by atoms with Gasteiger partial charge in [-0.2, -0.15) is 0 Å². The van der Waals surface area contributed by atoms with Gasteiger partial charge in [0.1, 0.15) is 17.1 Å². The standard InChI is InChI=1S/C18H23NO5S/c1-12-9-15(10-13(2)17(12)23-3)25(21,22)19-11-18(20,14-6-7-14)16-5-4-8-24-16/h4-5,8-10,14,19-20H,6-7,11H2,1-3H3. The van der Waals surface area contributed by atoms with Crippen LogP contribution in [0.5, 0.6) is 5.75 Å². The van der Waals surface area contributed by atoms with E-state index in [9.17, 15) is 13.5 Å². The number of sulfonamides is 1. The number of aryl methyl sites for hydroxylation is 2. The summed E-state index contributed by atoms with van der Waals surface area (Å²) in [4.78, 5) is 0.154. The van der Waals surface area contributed by atoms with E-state index in [1.165, 1.54) is 6.26 Å². The van der Waals surface area contributed by atoms with Gasteiger partial charge in [0.05, 0.1) is 18.3 Å². The highest BCUT2D eigenvalue weighted by molar-refractivity contribution is 7.89. The van der Waals surface area contributed by atoms with Gasteiger partial charge in [0.2, 0.25) is 10.0 Å². The van der Waals surface area contributed by atoms with Crippen molar-refractivity contribution < 1.29 is 22.7 Å². The van der Waals surface area contributed by atoms with Crippen LogP contribution in [-0.4, -0.2) is 27.2 Å². The molecule has 1 heterocycles. The molecule has 2 aromatic rings. The van der Waals surface area contributed by atoms with Gasteiger partial charge < -0.3 is 14.3 Å². The van der Waals surface area contributed by atoms with Crippen molar-refractivity contribution in [1.82, 2.24) is 4.72 Å². The van der Waals surface area contributed by atoms with Crippen molar-refractivity contribution in [3.05, 3.63) is 47.4 Å². The summed E-state index contributed by atoms with van der Waals surface area (Å²) in [6.45, 7) is 3.47. The minimum Gasteiger partial charge on any atom is -0.496 e. The Bertz CT molecular complexity index is 833. The van der Waals surface area contributed by atoms with Gasteiger partial charge >= 0.3 is 0 Å². The Hall–Kier alpha value is -1.83. The van der Waals surface area contributed by atoms with E-state index >= 15 is 0 Å². The van der Waals surface area contributed by atoms with E-state index in [1.807, 2.05) is 0 Å². The zero-order valence-corrected chi connectivity index (χ0v) is 15.4. The Morgan fingerprint density at radius 3 is 2.44 bits per heavy atom. The second-order valence-electron chi connectivity index (χ2n) is 6.59. The van der Waals surface area contributed by atoms with Gasteiger partial charge in [-0.15, -0.1) is 0 Å². The Morgan fingerprint density at radius 2 is 1.96 bits per heavy atom. The van der Waals surface area contributed by atoms with Crippen molar-refractivity contribution in [2.24, 2.45) is 5.92 Å². The zero-order chi connectivity index (χ0) is 18.2. The lowest BCUT2D eigenvalue weighted by atomic mass is 9.95. The summed E-state index contributed by atoms with van der Waals surface area (Å²) < 4.78 is 38.6. The van der Waals surface area contributed by atoms with E-state index in [-0.39, 0.29) is 17.4 Å². The fraction of sp³-hybridized carbons (Fsp3) is 0.444. The summed E-state index contributed by atoms with van der Waals surface area (Å²) in [6, 6.07) is 6.50. The van der Waals surface area contributed by atoms with Crippen LogP contribution in [0.1, 0.15) is 29.7 Å². The zero-order valence-electron chi connectivity index (χ0n) is 14.6. The largest absolute Gasteiger partial charge is 0.496 e. The molecule has 0 aliphatic heterocycles. The lowest BCUT2D eigenvalue weighted by Gasteiger charge is -2.26. The van der Waals surface area contributed by atoms with Gasteiger partial charge in [0.15, 0.2) is 0 Å². The molecule has 0 spiro atoms. The number of nitrogens with one attached hydrogen (secondary N) is 1. The van der Waals surface area contributed by atoms with Crippen LogP contribution >= 0.6 is 0 Å². The second kappa shape index (κ2) is 6.48. The highest BCUT2D eigenvalue weighted by Crippen LogP contribution is 2.45. The predicted octanol–water partition coefficient (Wildman–Crippen LogP) is 2.48. The first-order valence-electron chi connectivity index (χ1n) is 8.19. The Morgan fingerprint density at radius 1 is 1.32 bits per heavy atom. The van der Waals surface area contributed by atoms with Crippen molar-refractivity contribution in [1.29, 1.82) is 0 Å². The molecule has 25 heavy (non-hydrogen) atoms. The highest BCUT2D eigenvalue weighted by atomic mass is 32.2. The van der Waals surface area contributed by atoms with Crippen LogP contribution in [0, 0.1) is 19.8 Å². The van der Waals surface area contributed by atoms with E-state index in [1.54, 1.807) is 45.2 Å². The maximum absolute atomic E-state index is 12.7. The van der Waals surface area contributed by atoms with Crippen LogP contribution < -0.4 is 9.46 Å². The summed E-state index contributed by atoms with van der Waals surface area (Å²) in [7, 11) is -2.21. The molecule has 1 saturated carbocycles. The molecule has 0 amide bonds. The van der Waals surface area contributed by atoms with E-state index in [4.69, 9.17) is 9.15 Å². The molecule has 0 bridgehead atoms.